The predicted molar refractivity (Wildman–Crippen MR) is 81.8 cm³/mol. The normalized spacial score (nSPS) is 25.7. The summed E-state index contributed by atoms with van der Waals surface area (Å²) in [6, 6.07) is 0.634. The molecule has 1 N–H and O–H groups in total. The van der Waals surface area contributed by atoms with Gasteiger partial charge in [-0.05, 0) is 6.42 Å². The van der Waals surface area contributed by atoms with Gasteiger partial charge in [-0.1, -0.05) is 22.5 Å². The Morgan fingerprint density at radius 1 is 1.42 bits per heavy atom. The fourth-order valence-electron chi connectivity index (χ4n) is 2.68. The molecule has 2 fully saturated rings. The van der Waals surface area contributed by atoms with Crippen molar-refractivity contribution >= 4 is 21.9 Å². The van der Waals surface area contributed by atoms with Crippen LogP contribution < -0.4 is 5.32 Å². The maximum absolute atomic E-state index is 5.41. The molecule has 5 nitrogen and oxygen atoms in total. The Bertz CT molecular complexity index is 342. The van der Waals surface area contributed by atoms with Gasteiger partial charge in [-0.3, -0.25) is 9.89 Å². The van der Waals surface area contributed by atoms with E-state index in [0.29, 0.717) is 12.6 Å². The van der Waals surface area contributed by atoms with Crippen LogP contribution in [0.4, 0.5) is 0 Å². The molecule has 0 saturated carbocycles. The molecule has 1 atom stereocenters. The van der Waals surface area contributed by atoms with Crippen LogP contribution >= 0.6 is 15.9 Å². The van der Waals surface area contributed by atoms with Gasteiger partial charge in [-0.15, -0.1) is 0 Å². The van der Waals surface area contributed by atoms with Gasteiger partial charge in [-0.2, -0.15) is 0 Å². The van der Waals surface area contributed by atoms with Crippen molar-refractivity contribution in [3.05, 3.63) is 11.1 Å². The van der Waals surface area contributed by atoms with E-state index < -0.39 is 0 Å². The van der Waals surface area contributed by atoms with E-state index in [9.17, 15) is 0 Å². The molecule has 2 aliphatic heterocycles. The van der Waals surface area contributed by atoms with Crippen LogP contribution in [0.25, 0.3) is 0 Å². The van der Waals surface area contributed by atoms with Gasteiger partial charge >= 0.3 is 0 Å². The number of rotatable bonds is 3. The zero-order valence-electron chi connectivity index (χ0n) is 11.6. The average Bonchev–Trinajstić information content (AvgIpc) is 2.90. The molecule has 0 aromatic carbocycles. The highest BCUT2D eigenvalue weighted by Crippen LogP contribution is 2.17. The van der Waals surface area contributed by atoms with Crippen LogP contribution in [0.1, 0.15) is 6.42 Å². The topological polar surface area (TPSA) is 40.1 Å². The minimum Gasteiger partial charge on any atom is -0.379 e. The molecule has 19 heavy (non-hydrogen) atoms. The van der Waals surface area contributed by atoms with E-state index in [-0.39, 0.29) is 0 Å². The fourth-order valence-corrected chi connectivity index (χ4v) is 2.82. The Kier molecular flexibility index (Phi) is 5.66. The molecule has 2 heterocycles. The van der Waals surface area contributed by atoms with Crippen LogP contribution in [0.3, 0.4) is 0 Å². The summed E-state index contributed by atoms with van der Waals surface area (Å²) >= 11 is 3.36. The Labute approximate surface area is 123 Å². The summed E-state index contributed by atoms with van der Waals surface area (Å²) in [7, 11) is 1.83. The molecule has 0 bridgehead atoms. The van der Waals surface area contributed by atoms with Gasteiger partial charge < -0.3 is 15.0 Å². The third-order valence-corrected chi connectivity index (χ3v) is 3.96. The molecule has 0 aromatic heterocycles. The third kappa shape index (κ3) is 4.19. The number of halogens is 1. The molecule has 1 unspecified atom stereocenters. The lowest BCUT2D eigenvalue weighted by Gasteiger charge is -2.32. The molecule has 2 aliphatic rings. The van der Waals surface area contributed by atoms with Crippen molar-refractivity contribution in [2.24, 2.45) is 4.99 Å². The third-order valence-electron chi connectivity index (χ3n) is 3.68. The van der Waals surface area contributed by atoms with Gasteiger partial charge in [-0.25, -0.2) is 0 Å². The highest BCUT2D eigenvalue weighted by Gasteiger charge is 2.30. The van der Waals surface area contributed by atoms with E-state index in [1.165, 1.54) is 6.42 Å². The van der Waals surface area contributed by atoms with Crippen LogP contribution in [0.5, 0.6) is 0 Å². The average molecular weight is 331 g/mol. The summed E-state index contributed by atoms with van der Waals surface area (Å²) in [5.74, 6) is 0.969. The van der Waals surface area contributed by atoms with E-state index in [2.05, 4.69) is 42.6 Å². The van der Waals surface area contributed by atoms with Crippen LogP contribution in [0, 0.1) is 0 Å². The van der Waals surface area contributed by atoms with Crippen molar-refractivity contribution in [1.29, 1.82) is 0 Å². The molecule has 0 aliphatic carbocycles. The molecular formula is C13H23BrN4O. The first-order valence-electron chi connectivity index (χ1n) is 6.81. The zero-order valence-corrected chi connectivity index (χ0v) is 13.2. The molecule has 2 saturated heterocycles. The van der Waals surface area contributed by atoms with Gasteiger partial charge in [0.1, 0.15) is 0 Å². The van der Waals surface area contributed by atoms with Crippen LogP contribution in [-0.4, -0.2) is 74.8 Å². The Morgan fingerprint density at radius 3 is 2.79 bits per heavy atom. The fraction of sp³-hybridized carbons (Fsp3) is 0.769. The number of morpholine rings is 1. The minimum atomic E-state index is 0.634. The van der Waals surface area contributed by atoms with Gasteiger partial charge in [0.15, 0.2) is 5.96 Å². The SMILES string of the molecule is C=C(Br)CNC(=NC)N1CCC(N2CCOCC2)C1. The molecule has 0 aromatic rings. The lowest BCUT2D eigenvalue weighted by Crippen LogP contribution is -2.46. The molecule has 0 amide bonds. The quantitative estimate of drug-likeness (QED) is 0.616. The van der Waals surface area contributed by atoms with Gasteiger partial charge in [0.25, 0.3) is 0 Å². The number of aliphatic imine (C=N–C) groups is 1. The summed E-state index contributed by atoms with van der Waals surface area (Å²) in [4.78, 5) is 9.22. The highest BCUT2D eigenvalue weighted by molar-refractivity contribution is 9.11. The Morgan fingerprint density at radius 2 is 2.16 bits per heavy atom. The smallest absolute Gasteiger partial charge is 0.193 e. The maximum atomic E-state index is 5.41. The number of guanidine groups is 1. The predicted octanol–water partition coefficient (Wildman–Crippen LogP) is 0.877. The summed E-state index contributed by atoms with van der Waals surface area (Å²) in [5, 5.41) is 3.32. The van der Waals surface area contributed by atoms with Crippen LogP contribution in [-0.2, 0) is 4.74 Å². The summed E-state index contributed by atoms with van der Waals surface area (Å²) in [5.41, 5.74) is 0. The molecule has 2 rings (SSSR count). The molecule has 0 radical (unpaired) electrons. The van der Waals surface area contributed by atoms with Crippen molar-refractivity contribution in [3.63, 3.8) is 0 Å². The second kappa shape index (κ2) is 7.26. The van der Waals surface area contributed by atoms with E-state index in [1.54, 1.807) is 0 Å². The molecule has 0 spiro atoms. The zero-order chi connectivity index (χ0) is 13.7. The summed E-state index contributed by atoms with van der Waals surface area (Å²) in [6.07, 6.45) is 1.20. The van der Waals surface area contributed by atoms with Gasteiger partial charge in [0.2, 0.25) is 0 Å². The van der Waals surface area contributed by atoms with Crippen molar-refractivity contribution in [2.45, 2.75) is 12.5 Å². The van der Waals surface area contributed by atoms with Crippen molar-refractivity contribution in [3.8, 4) is 0 Å². The van der Waals surface area contributed by atoms with E-state index in [1.807, 2.05) is 7.05 Å². The van der Waals surface area contributed by atoms with E-state index in [4.69, 9.17) is 4.74 Å². The van der Waals surface area contributed by atoms with Crippen molar-refractivity contribution < 1.29 is 4.74 Å². The maximum Gasteiger partial charge on any atom is 0.193 e. The second-order valence-corrected chi connectivity index (χ2v) is 6.08. The lowest BCUT2D eigenvalue weighted by molar-refractivity contribution is 0.0195. The Hall–Kier alpha value is -0.590. The largest absolute Gasteiger partial charge is 0.379 e. The lowest BCUT2D eigenvalue weighted by atomic mass is 10.2. The van der Waals surface area contributed by atoms with Gasteiger partial charge in [0.05, 0.1) is 13.2 Å². The van der Waals surface area contributed by atoms with E-state index in [0.717, 1.165) is 49.8 Å². The number of nitrogens with zero attached hydrogens (tertiary/aromatic N) is 3. The van der Waals surface area contributed by atoms with Crippen molar-refractivity contribution in [1.82, 2.24) is 15.1 Å². The Balaban J connectivity index is 1.84. The minimum absolute atomic E-state index is 0.634. The first kappa shape index (κ1) is 14.8. The first-order chi connectivity index (χ1) is 9.20. The van der Waals surface area contributed by atoms with Gasteiger partial charge in [0, 0.05) is 50.3 Å². The second-order valence-electron chi connectivity index (χ2n) is 4.95. The van der Waals surface area contributed by atoms with E-state index >= 15 is 0 Å². The summed E-state index contributed by atoms with van der Waals surface area (Å²) < 4.78 is 6.36. The van der Waals surface area contributed by atoms with Crippen molar-refractivity contribution in [2.75, 3.05) is 53.0 Å². The molecule has 6 heteroatoms. The molecular weight excluding hydrogens is 308 g/mol. The number of nitrogens with one attached hydrogen (secondary N) is 1. The first-order valence-corrected chi connectivity index (χ1v) is 7.60. The number of hydrogen-bond donors (Lipinski definition) is 1. The van der Waals surface area contributed by atoms with Crippen LogP contribution in [0.15, 0.2) is 16.1 Å². The monoisotopic (exact) mass is 330 g/mol. The standard InChI is InChI=1S/C13H23BrN4O/c1-11(14)9-16-13(15-2)18-4-3-12(10-18)17-5-7-19-8-6-17/h12H,1,3-10H2,2H3,(H,15,16). The summed E-state index contributed by atoms with van der Waals surface area (Å²) in [6.45, 7) is 10.5. The number of likely N-dealkylation sites (tertiary alicyclic amines) is 1. The molecule has 108 valence electrons. The highest BCUT2D eigenvalue weighted by atomic mass is 79.9. The number of ether oxygens (including phenoxy) is 1. The van der Waals surface area contributed by atoms with Crippen LogP contribution in [0.2, 0.25) is 0 Å². The number of hydrogen-bond acceptors (Lipinski definition) is 3.